The standard InChI is InChI=1S/C25H27ClN2O2/c1-25-12-11-20-19-8-6-18(29)14-15(19)5-7-21(20)22(25)9-10-23(25)27-28-24(30)16-3-2-4-17(26)13-16/h2-4,6,8,13-14,20-22,29H,5,7,9-12H2,1H3,(H,28,30)/b27-23-/t20-,21-,22-,25-/m0/s1. The van der Waals surface area contributed by atoms with Gasteiger partial charge in [-0.15, -0.1) is 0 Å². The van der Waals surface area contributed by atoms with Crippen LogP contribution >= 0.6 is 11.6 Å². The van der Waals surface area contributed by atoms with E-state index < -0.39 is 0 Å². The van der Waals surface area contributed by atoms with Crippen LogP contribution in [0.2, 0.25) is 5.02 Å². The Balaban J connectivity index is 1.36. The van der Waals surface area contributed by atoms with E-state index in [-0.39, 0.29) is 11.3 Å². The summed E-state index contributed by atoms with van der Waals surface area (Å²) in [5.74, 6) is 1.99. The Kier molecular flexibility index (Phi) is 4.85. The number of rotatable bonds is 2. The maximum absolute atomic E-state index is 12.5. The van der Waals surface area contributed by atoms with Crippen LogP contribution in [0.25, 0.3) is 0 Å². The Morgan fingerprint density at radius 3 is 2.87 bits per heavy atom. The molecule has 2 N–H and O–H groups in total. The lowest BCUT2D eigenvalue weighted by Gasteiger charge is -2.49. The summed E-state index contributed by atoms with van der Waals surface area (Å²) >= 11 is 6.01. The molecule has 0 radical (unpaired) electrons. The summed E-state index contributed by atoms with van der Waals surface area (Å²) in [6, 6.07) is 12.9. The average Bonchev–Trinajstić information content (AvgIpc) is 3.08. The van der Waals surface area contributed by atoms with Crippen molar-refractivity contribution in [2.75, 3.05) is 0 Å². The van der Waals surface area contributed by atoms with Crippen molar-refractivity contribution in [2.24, 2.45) is 22.4 Å². The normalized spacial score (nSPS) is 31.0. The first kappa shape index (κ1) is 19.6. The van der Waals surface area contributed by atoms with E-state index in [0.29, 0.717) is 34.1 Å². The lowest BCUT2D eigenvalue weighted by Crippen LogP contribution is -2.43. The van der Waals surface area contributed by atoms with Crippen LogP contribution in [0.15, 0.2) is 47.6 Å². The van der Waals surface area contributed by atoms with Crippen molar-refractivity contribution >= 4 is 23.2 Å². The van der Waals surface area contributed by atoms with Gasteiger partial charge in [-0.3, -0.25) is 4.79 Å². The monoisotopic (exact) mass is 422 g/mol. The zero-order valence-corrected chi connectivity index (χ0v) is 18.0. The van der Waals surface area contributed by atoms with E-state index in [1.165, 1.54) is 17.5 Å². The number of hydrazone groups is 1. The zero-order chi connectivity index (χ0) is 20.9. The molecule has 2 aromatic rings. The summed E-state index contributed by atoms with van der Waals surface area (Å²) in [5.41, 5.74) is 7.26. The highest BCUT2D eigenvalue weighted by atomic mass is 35.5. The first-order chi connectivity index (χ1) is 14.5. The fraction of sp³-hybridized carbons (Fsp3) is 0.440. The lowest BCUT2D eigenvalue weighted by atomic mass is 9.55. The highest BCUT2D eigenvalue weighted by Crippen LogP contribution is 2.59. The number of nitrogens with one attached hydrogen (secondary N) is 1. The fourth-order valence-electron chi connectivity index (χ4n) is 6.35. The quantitative estimate of drug-likeness (QED) is 0.611. The number of nitrogens with zero attached hydrogens (tertiary/aromatic N) is 1. The van der Waals surface area contributed by atoms with E-state index in [1.54, 1.807) is 24.3 Å². The number of amides is 1. The molecule has 5 rings (SSSR count). The maximum atomic E-state index is 12.5. The summed E-state index contributed by atoms with van der Waals surface area (Å²) in [6.45, 7) is 2.34. The van der Waals surface area contributed by atoms with Crippen LogP contribution < -0.4 is 5.43 Å². The molecule has 5 heteroatoms. The zero-order valence-electron chi connectivity index (χ0n) is 17.2. The van der Waals surface area contributed by atoms with Gasteiger partial charge in [0, 0.05) is 21.7 Å². The molecule has 0 aliphatic heterocycles. The number of carbonyl (C=O) groups is 1. The molecule has 4 nitrogen and oxygen atoms in total. The van der Waals surface area contributed by atoms with Gasteiger partial charge in [-0.05, 0) is 97.7 Å². The topological polar surface area (TPSA) is 61.7 Å². The molecule has 3 aliphatic carbocycles. The van der Waals surface area contributed by atoms with Gasteiger partial charge < -0.3 is 5.11 Å². The molecule has 0 aromatic heterocycles. The minimum atomic E-state index is -0.211. The maximum Gasteiger partial charge on any atom is 0.271 e. The number of aromatic hydroxyl groups is 1. The smallest absolute Gasteiger partial charge is 0.271 e. The number of benzene rings is 2. The summed E-state index contributed by atoms with van der Waals surface area (Å²) in [4.78, 5) is 12.5. The number of phenolic OH excluding ortho intramolecular Hbond substituents is 1. The van der Waals surface area contributed by atoms with Crippen molar-refractivity contribution in [3.8, 4) is 5.75 Å². The predicted octanol–water partition coefficient (Wildman–Crippen LogP) is 5.69. The van der Waals surface area contributed by atoms with Crippen LogP contribution in [0, 0.1) is 17.3 Å². The van der Waals surface area contributed by atoms with Gasteiger partial charge in [-0.1, -0.05) is 30.7 Å². The average molecular weight is 423 g/mol. The van der Waals surface area contributed by atoms with Crippen molar-refractivity contribution in [2.45, 2.75) is 51.4 Å². The third kappa shape index (κ3) is 3.22. The minimum absolute atomic E-state index is 0.0528. The molecule has 156 valence electrons. The van der Waals surface area contributed by atoms with Gasteiger partial charge in [0.1, 0.15) is 5.75 Å². The highest BCUT2D eigenvalue weighted by molar-refractivity contribution is 6.30. The van der Waals surface area contributed by atoms with Crippen LogP contribution in [0.3, 0.4) is 0 Å². The van der Waals surface area contributed by atoms with Crippen molar-refractivity contribution in [1.29, 1.82) is 0 Å². The number of halogens is 1. The molecular formula is C25H27ClN2O2. The second-order valence-electron chi connectivity index (χ2n) is 9.30. The fourth-order valence-corrected chi connectivity index (χ4v) is 6.54. The van der Waals surface area contributed by atoms with E-state index in [2.05, 4.69) is 23.5 Å². The summed E-state index contributed by atoms with van der Waals surface area (Å²) in [5, 5.41) is 15.0. The third-order valence-corrected chi connectivity index (χ3v) is 8.07. The Hall–Kier alpha value is -2.33. The SMILES string of the molecule is C[C@]12CC[C@H]3c4ccc(O)cc4CC[C@@H]3[C@@H]1CC/C2=N/NC(=O)c1cccc(Cl)c1. The third-order valence-electron chi connectivity index (χ3n) is 7.83. The Morgan fingerprint density at radius 1 is 1.17 bits per heavy atom. The van der Waals surface area contributed by atoms with Crippen LogP contribution in [-0.2, 0) is 6.42 Å². The predicted molar refractivity (Wildman–Crippen MR) is 119 cm³/mol. The molecule has 4 atom stereocenters. The second kappa shape index (κ2) is 7.42. The molecule has 30 heavy (non-hydrogen) atoms. The largest absolute Gasteiger partial charge is 0.508 e. The first-order valence-electron chi connectivity index (χ1n) is 10.9. The van der Waals surface area contributed by atoms with Crippen molar-refractivity contribution < 1.29 is 9.90 Å². The number of hydrogen-bond donors (Lipinski definition) is 2. The van der Waals surface area contributed by atoms with Gasteiger partial charge in [0.25, 0.3) is 5.91 Å². The lowest BCUT2D eigenvalue weighted by molar-refractivity contribution is 0.0930. The van der Waals surface area contributed by atoms with E-state index in [0.717, 1.165) is 37.8 Å². The molecule has 0 unspecified atom stereocenters. The van der Waals surface area contributed by atoms with Crippen LogP contribution in [0.1, 0.15) is 66.4 Å². The van der Waals surface area contributed by atoms with Gasteiger partial charge >= 0.3 is 0 Å². The molecule has 0 heterocycles. The Labute approximate surface area is 182 Å². The molecular weight excluding hydrogens is 396 g/mol. The van der Waals surface area contributed by atoms with Gasteiger partial charge in [0.05, 0.1) is 0 Å². The van der Waals surface area contributed by atoms with Crippen LogP contribution in [0.4, 0.5) is 0 Å². The van der Waals surface area contributed by atoms with Gasteiger partial charge in [-0.25, -0.2) is 5.43 Å². The molecule has 0 bridgehead atoms. The van der Waals surface area contributed by atoms with E-state index in [4.69, 9.17) is 11.6 Å². The highest BCUT2D eigenvalue weighted by Gasteiger charge is 2.53. The summed E-state index contributed by atoms with van der Waals surface area (Å²) in [6.07, 6.45) is 6.51. The van der Waals surface area contributed by atoms with Crippen molar-refractivity contribution in [1.82, 2.24) is 5.43 Å². The number of carbonyl (C=O) groups excluding carboxylic acids is 1. The Bertz CT molecular complexity index is 1030. The van der Waals surface area contributed by atoms with Gasteiger partial charge in [-0.2, -0.15) is 5.10 Å². The molecule has 2 saturated carbocycles. The molecule has 2 fully saturated rings. The number of aryl methyl sites for hydroxylation is 1. The number of fused-ring (bicyclic) bond motifs is 5. The van der Waals surface area contributed by atoms with Crippen molar-refractivity contribution in [3.63, 3.8) is 0 Å². The van der Waals surface area contributed by atoms with E-state index >= 15 is 0 Å². The molecule has 2 aromatic carbocycles. The number of hydrogen-bond acceptors (Lipinski definition) is 3. The molecule has 0 spiro atoms. The molecule has 0 saturated heterocycles. The first-order valence-corrected chi connectivity index (χ1v) is 11.3. The van der Waals surface area contributed by atoms with E-state index in [9.17, 15) is 9.90 Å². The summed E-state index contributed by atoms with van der Waals surface area (Å²) in [7, 11) is 0. The van der Waals surface area contributed by atoms with Crippen LogP contribution in [-0.4, -0.2) is 16.7 Å². The summed E-state index contributed by atoms with van der Waals surface area (Å²) < 4.78 is 0. The van der Waals surface area contributed by atoms with Crippen molar-refractivity contribution in [3.05, 3.63) is 64.2 Å². The van der Waals surface area contributed by atoms with Gasteiger partial charge in [0.15, 0.2) is 0 Å². The van der Waals surface area contributed by atoms with Crippen LogP contribution in [0.5, 0.6) is 5.75 Å². The van der Waals surface area contributed by atoms with E-state index in [1.807, 2.05) is 12.1 Å². The van der Waals surface area contributed by atoms with Gasteiger partial charge in [0.2, 0.25) is 0 Å². The molecule has 1 amide bonds. The number of phenols is 1. The molecule has 3 aliphatic rings. The Morgan fingerprint density at radius 2 is 2.03 bits per heavy atom. The second-order valence-corrected chi connectivity index (χ2v) is 9.74. The minimum Gasteiger partial charge on any atom is -0.508 e.